The molecule has 1 atom stereocenters. The molecule has 0 saturated heterocycles. The second kappa shape index (κ2) is 10.4. The molecule has 0 aliphatic rings. The molecule has 33 heavy (non-hydrogen) atoms. The molecule has 7 nitrogen and oxygen atoms in total. The van der Waals surface area contributed by atoms with E-state index in [1.807, 2.05) is 58.0 Å². The third-order valence-electron chi connectivity index (χ3n) is 5.20. The second-order valence-corrected chi connectivity index (χ2v) is 11.4. The zero-order valence-corrected chi connectivity index (χ0v) is 21.4. The van der Waals surface area contributed by atoms with Crippen LogP contribution in [0.3, 0.4) is 0 Å². The van der Waals surface area contributed by atoms with Gasteiger partial charge in [-0.2, -0.15) is 0 Å². The van der Waals surface area contributed by atoms with E-state index in [4.69, 9.17) is 0 Å². The maximum Gasteiger partial charge on any atom is 0.244 e. The first-order valence-electron chi connectivity index (χ1n) is 10.9. The molecule has 2 aromatic rings. The van der Waals surface area contributed by atoms with Gasteiger partial charge in [0, 0.05) is 12.1 Å². The van der Waals surface area contributed by atoms with E-state index in [0.29, 0.717) is 5.69 Å². The Morgan fingerprint density at radius 1 is 1.00 bits per heavy atom. The van der Waals surface area contributed by atoms with Crippen LogP contribution in [-0.4, -0.2) is 49.5 Å². The summed E-state index contributed by atoms with van der Waals surface area (Å²) in [6.07, 6.45) is 1.08. The fraction of sp³-hybridized carbons (Fsp3) is 0.440. The Morgan fingerprint density at radius 2 is 1.58 bits per heavy atom. The lowest BCUT2D eigenvalue weighted by molar-refractivity contribution is -0.140. The molecule has 0 radical (unpaired) electrons. The van der Waals surface area contributed by atoms with E-state index in [1.54, 1.807) is 32.0 Å². The summed E-state index contributed by atoms with van der Waals surface area (Å²) >= 11 is 0. The van der Waals surface area contributed by atoms with Gasteiger partial charge in [0.15, 0.2) is 0 Å². The molecular weight excluding hydrogens is 438 g/mol. The van der Waals surface area contributed by atoms with Crippen molar-refractivity contribution in [1.29, 1.82) is 0 Å². The highest BCUT2D eigenvalue weighted by atomic mass is 32.2. The molecule has 8 heteroatoms. The third-order valence-corrected chi connectivity index (χ3v) is 6.33. The Balaban J connectivity index is 2.41. The monoisotopic (exact) mass is 473 g/mol. The lowest BCUT2D eigenvalue weighted by atomic mass is 10.1. The van der Waals surface area contributed by atoms with Crippen LogP contribution in [0.5, 0.6) is 0 Å². The molecule has 2 aromatic carbocycles. The number of carbonyl (C=O) groups is 2. The molecule has 2 rings (SSSR count). The van der Waals surface area contributed by atoms with E-state index < -0.39 is 34.1 Å². The lowest BCUT2D eigenvalue weighted by Gasteiger charge is -2.33. The number of carbonyl (C=O) groups excluding carboxylic acids is 2. The third kappa shape index (κ3) is 7.60. The number of rotatable bonds is 8. The zero-order valence-electron chi connectivity index (χ0n) is 20.5. The topological polar surface area (TPSA) is 86.8 Å². The minimum absolute atomic E-state index is 0.184. The van der Waals surface area contributed by atoms with Crippen LogP contribution in [0.4, 0.5) is 5.69 Å². The predicted octanol–water partition coefficient (Wildman–Crippen LogP) is 3.40. The van der Waals surface area contributed by atoms with Crippen LogP contribution in [0.15, 0.2) is 48.5 Å². The summed E-state index contributed by atoms with van der Waals surface area (Å²) in [4.78, 5) is 27.9. The van der Waals surface area contributed by atoms with Gasteiger partial charge in [0.25, 0.3) is 0 Å². The van der Waals surface area contributed by atoms with Gasteiger partial charge < -0.3 is 10.2 Å². The summed E-state index contributed by atoms with van der Waals surface area (Å²) in [5.74, 6) is -0.759. The van der Waals surface area contributed by atoms with Crippen molar-refractivity contribution >= 4 is 27.5 Å². The van der Waals surface area contributed by atoms with Gasteiger partial charge in [-0.25, -0.2) is 8.42 Å². The zero-order chi connectivity index (χ0) is 25.0. The van der Waals surface area contributed by atoms with Crippen LogP contribution < -0.4 is 9.62 Å². The summed E-state index contributed by atoms with van der Waals surface area (Å²) in [6, 6.07) is 13.9. The quantitative estimate of drug-likeness (QED) is 0.637. The van der Waals surface area contributed by atoms with Crippen molar-refractivity contribution in [3.8, 4) is 0 Å². The van der Waals surface area contributed by atoms with E-state index in [0.717, 1.165) is 27.3 Å². The standard InChI is InChI=1S/C25H35N3O4S/c1-18-12-14-21(15-13-18)16-27(20(3)24(30)26-25(4,5)6)23(29)17-28(33(7,31)32)22-11-9-8-10-19(22)2/h8-15,20H,16-17H2,1-7H3,(H,26,30)/t20-/m1/s1. The molecule has 180 valence electrons. The summed E-state index contributed by atoms with van der Waals surface area (Å²) in [5.41, 5.74) is 2.64. The van der Waals surface area contributed by atoms with Crippen LogP contribution in [0, 0.1) is 13.8 Å². The number of nitrogens with one attached hydrogen (secondary N) is 1. The van der Waals surface area contributed by atoms with Gasteiger partial charge in [-0.05, 0) is 58.7 Å². The predicted molar refractivity (Wildman–Crippen MR) is 132 cm³/mol. The number of hydrogen-bond donors (Lipinski definition) is 1. The van der Waals surface area contributed by atoms with Gasteiger partial charge in [0.05, 0.1) is 11.9 Å². The molecule has 0 bridgehead atoms. The maximum absolute atomic E-state index is 13.5. The van der Waals surface area contributed by atoms with E-state index in [2.05, 4.69) is 5.32 Å². The van der Waals surface area contributed by atoms with Gasteiger partial charge in [0.1, 0.15) is 12.6 Å². The normalized spacial score (nSPS) is 12.7. The van der Waals surface area contributed by atoms with Crippen LogP contribution in [0.1, 0.15) is 44.4 Å². The molecule has 0 fully saturated rings. The summed E-state index contributed by atoms with van der Waals surface area (Å²) < 4.78 is 26.3. The molecule has 2 amide bonds. The Labute approximate surface area is 197 Å². The van der Waals surface area contributed by atoms with Crippen LogP contribution in [0.2, 0.25) is 0 Å². The van der Waals surface area contributed by atoms with Crippen LogP contribution >= 0.6 is 0 Å². The largest absolute Gasteiger partial charge is 0.350 e. The summed E-state index contributed by atoms with van der Waals surface area (Å²) in [6.45, 7) is 10.8. The van der Waals surface area contributed by atoms with Crippen molar-refractivity contribution in [2.24, 2.45) is 0 Å². The number of anilines is 1. The van der Waals surface area contributed by atoms with Gasteiger partial charge in [-0.3, -0.25) is 13.9 Å². The van der Waals surface area contributed by atoms with Gasteiger partial charge >= 0.3 is 0 Å². The first-order valence-corrected chi connectivity index (χ1v) is 12.7. The van der Waals surface area contributed by atoms with E-state index in [9.17, 15) is 18.0 Å². The van der Waals surface area contributed by atoms with Crippen molar-refractivity contribution in [1.82, 2.24) is 10.2 Å². The lowest BCUT2D eigenvalue weighted by Crippen LogP contribution is -2.54. The highest BCUT2D eigenvalue weighted by molar-refractivity contribution is 7.92. The first kappa shape index (κ1) is 26.4. The van der Waals surface area contributed by atoms with Crippen molar-refractivity contribution in [3.63, 3.8) is 0 Å². The number of nitrogens with zero attached hydrogens (tertiary/aromatic N) is 2. The number of para-hydroxylation sites is 1. The minimum Gasteiger partial charge on any atom is -0.350 e. The highest BCUT2D eigenvalue weighted by Crippen LogP contribution is 2.23. The summed E-state index contributed by atoms with van der Waals surface area (Å²) in [7, 11) is -3.74. The fourth-order valence-corrected chi connectivity index (χ4v) is 4.29. The Hall–Kier alpha value is -2.87. The van der Waals surface area contributed by atoms with Crippen molar-refractivity contribution in [2.75, 3.05) is 17.1 Å². The smallest absolute Gasteiger partial charge is 0.244 e. The molecule has 0 heterocycles. The van der Waals surface area contributed by atoms with Crippen LogP contribution in [0.25, 0.3) is 0 Å². The SMILES string of the molecule is Cc1ccc(CN(C(=O)CN(c2ccccc2C)S(C)(=O)=O)[C@H](C)C(=O)NC(C)(C)C)cc1. The first-order chi connectivity index (χ1) is 15.2. The summed E-state index contributed by atoms with van der Waals surface area (Å²) in [5, 5.41) is 2.91. The van der Waals surface area contributed by atoms with E-state index >= 15 is 0 Å². The molecule has 0 unspecified atom stereocenters. The van der Waals surface area contributed by atoms with Gasteiger partial charge in [0.2, 0.25) is 21.8 Å². The number of aryl methyl sites for hydroxylation is 2. The molecule has 0 saturated carbocycles. The van der Waals surface area contributed by atoms with Crippen molar-refractivity contribution < 1.29 is 18.0 Å². The second-order valence-electron chi connectivity index (χ2n) is 9.48. The average molecular weight is 474 g/mol. The van der Waals surface area contributed by atoms with Crippen molar-refractivity contribution in [3.05, 3.63) is 65.2 Å². The average Bonchev–Trinajstić information content (AvgIpc) is 2.69. The highest BCUT2D eigenvalue weighted by Gasteiger charge is 2.31. The molecule has 0 aliphatic heterocycles. The van der Waals surface area contributed by atoms with Crippen molar-refractivity contribution in [2.45, 2.75) is 59.7 Å². The van der Waals surface area contributed by atoms with Gasteiger partial charge in [-0.1, -0.05) is 48.0 Å². The maximum atomic E-state index is 13.5. The number of benzene rings is 2. The number of amides is 2. The fourth-order valence-electron chi connectivity index (χ4n) is 3.38. The minimum atomic E-state index is -3.74. The number of hydrogen-bond acceptors (Lipinski definition) is 4. The molecule has 0 aliphatic carbocycles. The van der Waals surface area contributed by atoms with E-state index in [-0.39, 0.29) is 12.5 Å². The number of sulfonamides is 1. The molecular formula is C25H35N3O4S. The molecule has 1 N–H and O–H groups in total. The van der Waals surface area contributed by atoms with E-state index in [1.165, 1.54) is 4.90 Å². The Bertz CT molecular complexity index is 1090. The molecule has 0 aromatic heterocycles. The Morgan fingerprint density at radius 3 is 2.09 bits per heavy atom. The molecule has 0 spiro atoms. The van der Waals surface area contributed by atoms with Crippen LogP contribution in [-0.2, 0) is 26.2 Å². The Kier molecular flexibility index (Phi) is 8.30. The van der Waals surface area contributed by atoms with Gasteiger partial charge in [-0.15, -0.1) is 0 Å².